The smallest absolute Gasteiger partial charge is 0.310 e. The first-order valence-electron chi connectivity index (χ1n) is 7.37. The number of rotatable bonds is 0. The lowest BCUT2D eigenvalue weighted by molar-refractivity contribution is -0.288. The van der Waals surface area contributed by atoms with E-state index in [0.29, 0.717) is 12.8 Å². The van der Waals surface area contributed by atoms with Gasteiger partial charge in [-0.05, 0) is 51.4 Å². The van der Waals surface area contributed by atoms with Gasteiger partial charge in [-0.15, -0.1) is 0 Å². The lowest BCUT2D eigenvalue weighted by Gasteiger charge is -2.70. The largest absolute Gasteiger partial charge is 0.459 e. The Morgan fingerprint density at radius 2 is 1.05 bits per heavy atom. The highest BCUT2D eigenvalue weighted by molar-refractivity contribution is 5.86. The average molecular weight is 280 g/mol. The Balaban J connectivity index is 2.04. The Morgan fingerprint density at radius 3 is 1.35 bits per heavy atom. The normalized spacial score (nSPS) is 48.3. The van der Waals surface area contributed by atoms with Gasteiger partial charge < -0.3 is 9.47 Å². The molecule has 1 saturated carbocycles. The molecule has 0 N–H and O–H groups in total. The monoisotopic (exact) mass is 280 g/mol. The van der Waals surface area contributed by atoms with Crippen LogP contribution in [0.2, 0.25) is 0 Å². The van der Waals surface area contributed by atoms with E-state index in [4.69, 9.17) is 9.47 Å². The summed E-state index contributed by atoms with van der Waals surface area (Å²) in [5, 5.41) is 0. The van der Waals surface area contributed by atoms with Crippen LogP contribution in [0, 0.1) is 22.7 Å². The van der Waals surface area contributed by atoms with E-state index in [1.54, 1.807) is 0 Å². The molecular weight excluding hydrogens is 256 g/mol. The van der Waals surface area contributed by atoms with E-state index >= 15 is 0 Å². The van der Waals surface area contributed by atoms with Gasteiger partial charge in [0.2, 0.25) is 0 Å². The lowest BCUT2D eigenvalue weighted by Crippen LogP contribution is -2.75. The SMILES string of the molecule is CC1(C)CC2(C)C(C(=O)O1)C1(C)CC(C)(C)OC(=O)C21. The van der Waals surface area contributed by atoms with Crippen molar-refractivity contribution >= 4 is 11.9 Å². The van der Waals surface area contributed by atoms with Gasteiger partial charge in [0.1, 0.15) is 11.2 Å². The van der Waals surface area contributed by atoms with Crippen LogP contribution < -0.4 is 0 Å². The third-order valence-corrected chi connectivity index (χ3v) is 5.48. The maximum atomic E-state index is 12.5. The van der Waals surface area contributed by atoms with E-state index in [-0.39, 0.29) is 34.6 Å². The average Bonchev–Trinajstić information content (AvgIpc) is 2.06. The molecule has 1 aliphatic carbocycles. The number of cyclic esters (lactones) is 2. The Labute approximate surface area is 120 Å². The first-order chi connectivity index (χ1) is 8.91. The fraction of sp³-hybridized carbons (Fsp3) is 0.875. The molecule has 4 nitrogen and oxygen atoms in total. The summed E-state index contributed by atoms with van der Waals surface area (Å²) in [6.45, 7) is 11.8. The van der Waals surface area contributed by atoms with Gasteiger partial charge in [0, 0.05) is 0 Å². The molecule has 0 aromatic rings. The molecular formula is C16H24O4. The van der Waals surface area contributed by atoms with Crippen molar-refractivity contribution in [3.63, 3.8) is 0 Å². The molecule has 20 heavy (non-hydrogen) atoms. The number of fused-ring (bicyclic) bond motifs is 4. The van der Waals surface area contributed by atoms with Crippen LogP contribution in [-0.4, -0.2) is 23.1 Å². The van der Waals surface area contributed by atoms with Crippen molar-refractivity contribution in [1.29, 1.82) is 0 Å². The number of hydrogen-bond acceptors (Lipinski definition) is 4. The van der Waals surface area contributed by atoms with E-state index in [2.05, 4.69) is 0 Å². The van der Waals surface area contributed by atoms with E-state index in [0.717, 1.165) is 0 Å². The maximum Gasteiger partial charge on any atom is 0.310 e. The second kappa shape index (κ2) is 3.40. The Bertz CT molecular complexity index is 449. The van der Waals surface area contributed by atoms with Crippen LogP contribution >= 0.6 is 0 Å². The molecule has 3 aliphatic rings. The van der Waals surface area contributed by atoms with Crippen molar-refractivity contribution in [1.82, 2.24) is 0 Å². The molecule has 3 fully saturated rings. The van der Waals surface area contributed by atoms with Crippen molar-refractivity contribution in [2.24, 2.45) is 22.7 Å². The zero-order chi connectivity index (χ0) is 15.1. The summed E-state index contributed by atoms with van der Waals surface area (Å²) in [5.41, 5.74) is -1.67. The molecule has 4 heteroatoms. The zero-order valence-electron chi connectivity index (χ0n) is 13.2. The van der Waals surface area contributed by atoms with E-state index < -0.39 is 11.2 Å². The van der Waals surface area contributed by atoms with Gasteiger partial charge in [0.05, 0.1) is 11.8 Å². The highest BCUT2D eigenvalue weighted by Gasteiger charge is 2.77. The molecule has 2 aliphatic heterocycles. The van der Waals surface area contributed by atoms with Crippen LogP contribution in [0.25, 0.3) is 0 Å². The van der Waals surface area contributed by atoms with Crippen molar-refractivity contribution in [3.8, 4) is 0 Å². The van der Waals surface area contributed by atoms with E-state index in [1.165, 1.54) is 0 Å². The zero-order valence-corrected chi connectivity index (χ0v) is 13.2. The number of esters is 2. The summed E-state index contributed by atoms with van der Waals surface area (Å²) < 4.78 is 11.2. The Morgan fingerprint density at radius 1 is 0.750 bits per heavy atom. The fourth-order valence-corrected chi connectivity index (χ4v) is 5.80. The van der Waals surface area contributed by atoms with Gasteiger partial charge in [-0.2, -0.15) is 0 Å². The van der Waals surface area contributed by atoms with Crippen molar-refractivity contribution in [3.05, 3.63) is 0 Å². The summed E-state index contributed by atoms with van der Waals surface area (Å²) in [7, 11) is 0. The third kappa shape index (κ3) is 1.54. The molecule has 0 atom stereocenters. The number of carbonyl (C=O) groups is 2. The molecule has 112 valence electrons. The first kappa shape index (κ1) is 13.9. The number of carbonyl (C=O) groups excluding carboxylic acids is 2. The summed E-state index contributed by atoms with van der Waals surface area (Å²) in [4.78, 5) is 25.0. The van der Waals surface area contributed by atoms with Crippen LogP contribution in [-0.2, 0) is 19.1 Å². The number of ether oxygens (including phenoxy) is 2. The van der Waals surface area contributed by atoms with Crippen LogP contribution in [0.15, 0.2) is 0 Å². The summed E-state index contributed by atoms with van der Waals surface area (Å²) >= 11 is 0. The van der Waals surface area contributed by atoms with Gasteiger partial charge in [0.25, 0.3) is 0 Å². The second-order valence-corrected chi connectivity index (χ2v) is 8.59. The first-order valence-corrected chi connectivity index (χ1v) is 7.37. The minimum Gasteiger partial charge on any atom is -0.459 e. The molecule has 2 saturated heterocycles. The quantitative estimate of drug-likeness (QED) is 0.640. The molecule has 0 aromatic carbocycles. The molecule has 0 amide bonds. The maximum absolute atomic E-state index is 12.5. The van der Waals surface area contributed by atoms with Crippen LogP contribution in [0.4, 0.5) is 0 Å². The van der Waals surface area contributed by atoms with Gasteiger partial charge in [-0.3, -0.25) is 9.59 Å². The predicted molar refractivity (Wildman–Crippen MR) is 72.8 cm³/mol. The third-order valence-electron chi connectivity index (χ3n) is 5.48. The molecule has 2 heterocycles. The molecule has 0 bridgehead atoms. The Kier molecular flexibility index (Phi) is 2.36. The summed E-state index contributed by atoms with van der Waals surface area (Å²) in [6.07, 6.45) is 1.43. The van der Waals surface area contributed by atoms with Gasteiger partial charge in [-0.1, -0.05) is 13.8 Å². The molecule has 0 aromatic heterocycles. The topological polar surface area (TPSA) is 52.6 Å². The minimum atomic E-state index is -0.503. The molecule has 0 radical (unpaired) electrons. The van der Waals surface area contributed by atoms with Crippen molar-refractivity contribution in [2.75, 3.05) is 0 Å². The lowest BCUT2D eigenvalue weighted by atomic mass is 9.35. The Hall–Kier alpha value is -1.06. The van der Waals surface area contributed by atoms with Crippen molar-refractivity contribution in [2.45, 2.75) is 65.6 Å². The molecule has 0 spiro atoms. The van der Waals surface area contributed by atoms with E-state index in [1.807, 2.05) is 41.5 Å². The van der Waals surface area contributed by atoms with Crippen LogP contribution in [0.5, 0.6) is 0 Å². The summed E-state index contributed by atoms with van der Waals surface area (Å²) in [5.74, 6) is -0.679. The van der Waals surface area contributed by atoms with Crippen LogP contribution in [0.3, 0.4) is 0 Å². The van der Waals surface area contributed by atoms with E-state index in [9.17, 15) is 9.59 Å². The van der Waals surface area contributed by atoms with Gasteiger partial charge in [0.15, 0.2) is 0 Å². The highest BCUT2D eigenvalue weighted by Crippen LogP contribution is 2.72. The fourth-order valence-electron chi connectivity index (χ4n) is 5.80. The number of hydrogen-bond donors (Lipinski definition) is 0. The molecule has 0 unspecified atom stereocenters. The minimum absolute atomic E-state index is 0.145. The molecule has 3 rings (SSSR count). The summed E-state index contributed by atoms with van der Waals surface area (Å²) in [6, 6.07) is 0. The van der Waals surface area contributed by atoms with Crippen molar-refractivity contribution < 1.29 is 19.1 Å². The highest BCUT2D eigenvalue weighted by atomic mass is 16.6. The van der Waals surface area contributed by atoms with Gasteiger partial charge >= 0.3 is 11.9 Å². The second-order valence-electron chi connectivity index (χ2n) is 8.59. The van der Waals surface area contributed by atoms with Crippen LogP contribution in [0.1, 0.15) is 54.4 Å². The predicted octanol–water partition coefficient (Wildman–Crippen LogP) is 2.70. The standard InChI is InChI=1S/C16H24O4/c1-13(2)7-15(5)9(11(17)19-13)16(6)8-14(3,4)20-12(18)10(15)16/h9-10H,7-8H2,1-6H3. The van der Waals surface area contributed by atoms with Gasteiger partial charge in [-0.25, -0.2) is 0 Å².